The highest BCUT2D eigenvalue weighted by Gasteiger charge is 1.99. The fourth-order valence-electron chi connectivity index (χ4n) is 1.42. The quantitative estimate of drug-likeness (QED) is 0.574. The first kappa shape index (κ1) is 14.0. The van der Waals surface area contributed by atoms with E-state index in [1.54, 1.807) is 6.07 Å². The second kappa shape index (κ2) is 8.12. The highest BCUT2D eigenvalue weighted by atomic mass is 32.2. The molecule has 96 valence electrons. The maximum absolute atomic E-state index is 11.5. The molecule has 2 N–H and O–H groups in total. The first-order chi connectivity index (χ1) is 8.22. The number of benzene rings is 1. The van der Waals surface area contributed by atoms with Crippen molar-refractivity contribution in [2.24, 2.45) is 0 Å². The zero-order valence-corrected chi connectivity index (χ0v) is 11.2. The number of hydrogen-bond acceptors (Lipinski definition) is 3. The van der Waals surface area contributed by atoms with E-state index in [1.807, 2.05) is 18.2 Å². The number of nitrogen functional groups attached to an aromatic ring is 1. The summed E-state index contributed by atoms with van der Waals surface area (Å²) < 4.78 is 17.0. The van der Waals surface area contributed by atoms with E-state index in [4.69, 9.17) is 10.5 Å². The van der Waals surface area contributed by atoms with Gasteiger partial charge in [-0.1, -0.05) is 19.4 Å². The van der Waals surface area contributed by atoms with Crippen LogP contribution in [0.4, 0.5) is 5.69 Å². The Balaban J connectivity index is 2.14. The molecule has 0 aliphatic heterocycles. The maximum atomic E-state index is 11.5. The molecule has 0 aliphatic rings. The molecule has 4 heteroatoms. The molecule has 0 fully saturated rings. The van der Waals surface area contributed by atoms with Gasteiger partial charge < -0.3 is 10.5 Å². The number of nitrogens with two attached hydrogens (primary N) is 1. The van der Waals surface area contributed by atoms with Gasteiger partial charge in [0.1, 0.15) is 5.75 Å². The molecular formula is C13H21NO2S. The van der Waals surface area contributed by atoms with Crippen LogP contribution < -0.4 is 10.5 Å². The first-order valence-electron chi connectivity index (χ1n) is 6.05. The fourth-order valence-corrected chi connectivity index (χ4v) is 2.68. The molecule has 1 aromatic carbocycles. The average molecular weight is 255 g/mol. The highest BCUT2D eigenvalue weighted by molar-refractivity contribution is 7.84. The van der Waals surface area contributed by atoms with Crippen molar-refractivity contribution in [3.8, 4) is 5.75 Å². The van der Waals surface area contributed by atoms with Crippen LogP contribution >= 0.6 is 0 Å². The lowest BCUT2D eigenvalue weighted by Crippen LogP contribution is -2.07. The van der Waals surface area contributed by atoms with Crippen molar-refractivity contribution in [2.75, 3.05) is 23.8 Å². The molecule has 0 heterocycles. The van der Waals surface area contributed by atoms with E-state index in [-0.39, 0.29) is 0 Å². The third kappa shape index (κ3) is 6.31. The Kier molecular flexibility index (Phi) is 6.70. The van der Waals surface area contributed by atoms with Gasteiger partial charge in [-0.2, -0.15) is 0 Å². The predicted octanol–water partition coefficient (Wildman–Crippen LogP) is 2.59. The molecule has 0 spiro atoms. The number of rotatable bonds is 8. The highest BCUT2D eigenvalue weighted by Crippen LogP contribution is 2.14. The zero-order valence-electron chi connectivity index (χ0n) is 10.4. The Morgan fingerprint density at radius 3 is 2.76 bits per heavy atom. The number of hydrogen-bond donors (Lipinski definition) is 1. The minimum atomic E-state index is -0.687. The minimum Gasteiger partial charge on any atom is -0.493 e. The Labute approximate surface area is 106 Å². The SMILES string of the molecule is CCCCS(=O)CCCOc1cccc(N)c1. The standard InChI is InChI=1S/C13H21NO2S/c1-2-3-9-17(15)10-5-8-16-13-7-4-6-12(14)11-13/h4,6-7,11H,2-3,5,8-10,14H2,1H3. The molecule has 0 saturated carbocycles. The number of ether oxygens (including phenoxy) is 1. The third-order valence-corrected chi connectivity index (χ3v) is 3.86. The molecule has 0 bridgehead atoms. The largest absolute Gasteiger partial charge is 0.493 e. The van der Waals surface area contributed by atoms with Gasteiger partial charge in [0.25, 0.3) is 0 Å². The average Bonchev–Trinajstić information content (AvgIpc) is 2.32. The van der Waals surface area contributed by atoms with Crippen LogP contribution in [0, 0.1) is 0 Å². The lowest BCUT2D eigenvalue weighted by atomic mass is 10.3. The van der Waals surface area contributed by atoms with Gasteiger partial charge in [0.05, 0.1) is 6.61 Å². The van der Waals surface area contributed by atoms with Crippen molar-refractivity contribution in [1.29, 1.82) is 0 Å². The van der Waals surface area contributed by atoms with Crippen LogP contribution in [0.5, 0.6) is 5.75 Å². The van der Waals surface area contributed by atoms with Crippen molar-refractivity contribution >= 4 is 16.5 Å². The van der Waals surface area contributed by atoms with E-state index >= 15 is 0 Å². The van der Waals surface area contributed by atoms with Crippen LogP contribution in [0.25, 0.3) is 0 Å². The van der Waals surface area contributed by atoms with Crippen molar-refractivity contribution < 1.29 is 8.95 Å². The second-order valence-corrected chi connectivity index (χ2v) is 5.67. The lowest BCUT2D eigenvalue weighted by molar-refractivity contribution is 0.318. The van der Waals surface area contributed by atoms with Crippen LogP contribution in [-0.2, 0) is 10.8 Å². The van der Waals surface area contributed by atoms with Gasteiger partial charge in [0.2, 0.25) is 0 Å². The Bertz CT molecular complexity index is 355. The summed E-state index contributed by atoms with van der Waals surface area (Å²) in [6.45, 7) is 2.71. The van der Waals surface area contributed by atoms with Crippen LogP contribution in [0.15, 0.2) is 24.3 Å². The van der Waals surface area contributed by atoms with Gasteiger partial charge >= 0.3 is 0 Å². The normalized spacial score (nSPS) is 12.3. The van der Waals surface area contributed by atoms with E-state index in [0.29, 0.717) is 12.3 Å². The Morgan fingerprint density at radius 1 is 1.29 bits per heavy atom. The molecule has 17 heavy (non-hydrogen) atoms. The summed E-state index contributed by atoms with van der Waals surface area (Å²) in [6, 6.07) is 7.37. The summed E-state index contributed by atoms with van der Waals surface area (Å²) >= 11 is 0. The molecule has 3 nitrogen and oxygen atoms in total. The monoisotopic (exact) mass is 255 g/mol. The molecule has 0 saturated heterocycles. The van der Waals surface area contributed by atoms with Gasteiger partial charge in [-0.15, -0.1) is 0 Å². The summed E-state index contributed by atoms with van der Waals surface area (Å²) in [5, 5.41) is 0. The molecule has 0 amide bonds. The van der Waals surface area contributed by atoms with Crippen LogP contribution in [0.2, 0.25) is 0 Å². The Hall–Kier alpha value is -1.03. The smallest absolute Gasteiger partial charge is 0.121 e. The van der Waals surface area contributed by atoms with Crippen LogP contribution in [-0.4, -0.2) is 22.3 Å². The van der Waals surface area contributed by atoms with Crippen LogP contribution in [0.3, 0.4) is 0 Å². The van der Waals surface area contributed by atoms with E-state index in [2.05, 4.69) is 6.92 Å². The van der Waals surface area contributed by atoms with Crippen molar-refractivity contribution in [3.05, 3.63) is 24.3 Å². The topological polar surface area (TPSA) is 52.3 Å². The molecular weight excluding hydrogens is 234 g/mol. The van der Waals surface area contributed by atoms with E-state index in [9.17, 15) is 4.21 Å². The lowest BCUT2D eigenvalue weighted by Gasteiger charge is -2.06. The molecule has 1 unspecified atom stereocenters. The minimum absolute atomic E-state index is 0.599. The fraction of sp³-hybridized carbons (Fsp3) is 0.538. The summed E-state index contributed by atoms with van der Waals surface area (Å²) in [5.41, 5.74) is 6.34. The number of unbranched alkanes of at least 4 members (excludes halogenated alkanes) is 1. The molecule has 1 aromatic rings. The maximum Gasteiger partial charge on any atom is 0.121 e. The van der Waals surface area contributed by atoms with Gasteiger partial charge in [0.15, 0.2) is 0 Å². The zero-order chi connectivity index (χ0) is 12.5. The number of anilines is 1. The molecule has 1 atom stereocenters. The second-order valence-electron chi connectivity index (χ2n) is 3.98. The third-order valence-electron chi connectivity index (χ3n) is 2.37. The first-order valence-corrected chi connectivity index (χ1v) is 7.54. The van der Waals surface area contributed by atoms with Crippen molar-refractivity contribution in [2.45, 2.75) is 26.2 Å². The van der Waals surface area contributed by atoms with E-state index in [0.717, 1.165) is 36.5 Å². The van der Waals surface area contributed by atoms with E-state index < -0.39 is 10.8 Å². The summed E-state index contributed by atoms with van der Waals surface area (Å²) in [4.78, 5) is 0. The van der Waals surface area contributed by atoms with Gasteiger partial charge in [-0.3, -0.25) is 4.21 Å². The summed E-state index contributed by atoms with van der Waals surface area (Å²) in [7, 11) is -0.687. The molecule has 0 radical (unpaired) electrons. The van der Waals surface area contributed by atoms with Crippen molar-refractivity contribution in [1.82, 2.24) is 0 Å². The molecule has 0 aliphatic carbocycles. The predicted molar refractivity (Wildman–Crippen MR) is 73.8 cm³/mol. The van der Waals surface area contributed by atoms with E-state index in [1.165, 1.54) is 0 Å². The van der Waals surface area contributed by atoms with Crippen molar-refractivity contribution in [3.63, 3.8) is 0 Å². The summed E-state index contributed by atoms with van der Waals surface area (Å²) in [5.74, 6) is 2.32. The molecule has 0 aromatic heterocycles. The van der Waals surface area contributed by atoms with Gasteiger partial charge in [0, 0.05) is 34.1 Å². The molecule has 1 rings (SSSR count). The Morgan fingerprint density at radius 2 is 2.06 bits per heavy atom. The van der Waals surface area contributed by atoms with Gasteiger partial charge in [-0.05, 0) is 25.0 Å². The van der Waals surface area contributed by atoms with Crippen LogP contribution in [0.1, 0.15) is 26.2 Å². The van der Waals surface area contributed by atoms with Gasteiger partial charge in [-0.25, -0.2) is 0 Å². The summed E-state index contributed by atoms with van der Waals surface area (Å²) in [6.07, 6.45) is 2.97.